The second kappa shape index (κ2) is 7.70. The number of nitriles is 1. The summed E-state index contributed by atoms with van der Waals surface area (Å²) in [5.41, 5.74) is 1.89. The lowest BCUT2D eigenvalue weighted by molar-refractivity contribution is 0.604. The fourth-order valence-corrected chi connectivity index (χ4v) is 2.83. The van der Waals surface area contributed by atoms with Crippen molar-refractivity contribution in [1.82, 2.24) is 15.6 Å². The Balaban J connectivity index is 1.94. The van der Waals surface area contributed by atoms with Crippen molar-refractivity contribution in [1.29, 1.82) is 5.26 Å². The topological polar surface area (TPSA) is 73.1 Å². The minimum atomic E-state index is -0.349. The molecule has 5 nitrogen and oxygen atoms in total. The van der Waals surface area contributed by atoms with Gasteiger partial charge in [0.15, 0.2) is 5.96 Å². The molecule has 0 aliphatic rings. The quantitative estimate of drug-likeness (QED) is 0.667. The van der Waals surface area contributed by atoms with Crippen LogP contribution < -0.4 is 10.6 Å². The molecule has 23 heavy (non-hydrogen) atoms. The molecule has 0 aliphatic carbocycles. The summed E-state index contributed by atoms with van der Waals surface area (Å²) < 4.78 is 13.7. The third-order valence-electron chi connectivity index (χ3n) is 3.32. The maximum atomic E-state index is 13.7. The molecule has 0 radical (unpaired) electrons. The molecule has 0 aliphatic heterocycles. The van der Waals surface area contributed by atoms with Crippen LogP contribution in [-0.2, 0) is 13.1 Å². The van der Waals surface area contributed by atoms with Crippen LogP contribution in [0.25, 0.3) is 0 Å². The predicted molar refractivity (Wildman–Crippen MR) is 89.7 cm³/mol. The van der Waals surface area contributed by atoms with Gasteiger partial charge >= 0.3 is 0 Å². The van der Waals surface area contributed by atoms with Gasteiger partial charge in [-0.05, 0) is 32.0 Å². The second-order valence-electron chi connectivity index (χ2n) is 4.95. The Morgan fingerprint density at radius 2 is 2.09 bits per heavy atom. The molecule has 0 saturated carbocycles. The van der Waals surface area contributed by atoms with Crippen LogP contribution in [0.15, 0.2) is 23.2 Å². The van der Waals surface area contributed by atoms with E-state index in [0.29, 0.717) is 23.6 Å². The first kappa shape index (κ1) is 16.9. The molecule has 0 spiro atoms. The van der Waals surface area contributed by atoms with Crippen molar-refractivity contribution in [2.24, 2.45) is 4.99 Å². The van der Waals surface area contributed by atoms with Crippen LogP contribution >= 0.6 is 11.3 Å². The maximum Gasteiger partial charge on any atom is 0.191 e. The molecule has 0 atom stereocenters. The lowest BCUT2D eigenvalue weighted by atomic mass is 10.1. The zero-order valence-corrected chi connectivity index (χ0v) is 14.1. The van der Waals surface area contributed by atoms with Crippen LogP contribution in [0.5, 0.6) is 0 Å². The van der Waals surface area contributed by atoms with Crippen molar-refractivity contribution in [2.75, 3.05) is 7.05 Å². The number of nitrogens with zero attached hydrogens (tertiary/aromatic N) is 3. The highest BCUT2D eigenvalue weighted by Gasteiger charge is 2.07. The Morgan fingerprint density at radius 1 is 1.35 bits per heavy atom. The van der Waals surface area contributed by atoms with E-state index in [9.17, 15) is 4.39 Å². The summed E-state index contributed by atoms with van der Waals surface area (Å²) >= 11 is 1.64. The smallest absolute Gasteiger partial charge is 0.191 e. The van der Waals surface area contributed by atoms with Gasteiger partial charge < -0.3 is 10.6 Å². The van der Waals surface area contributed by atoms with Crippen LogP contribution in [0, 0.1) is 31.0 Å². The van der Waals surface area contributed by atoms with Crippen molar-refractivity contribution >= 4 is 17.3 Å². The standard InChI is InChI=1S/C16H18FN5S/c1-10-11(2)23-15(22-10)9-21-16(19-3)20-8-13-6-12(7-18)4-5-14(13)17/h4-6H,8-9H2,1-3H3,(H2,19,20,21). The molecule has 2 aromatic rings. The average Bonchev–Trinajstić information content (AvgIpc) is 2.87. The molecule has 0 saturated heterocycles. The summed E-state index contributed by atoms with van der Waals surface area (Å²) in [5, 5.41) is 16.0. The normalized spacial score (nSPS) is 11.2. The molecule has 0 amide bonds. The van der Waals surface area contributed by atoms with Crippen LogP contribution in [0.3, 0.4) is 0 Å². The number of guanidine groups is 1. The van der Waals surface area contributed by atoms with E-state index in [0.717, 1.165) is 10.7 Å². The molecule has 0 bridgehead atoms. The number of benzene rings is 1. The van der Waals surface area contributed by atoms with Gasteiger partial charge in [0, 0.05) is 24.0 Å². The van der Waals surface area contributed by atoms with Gasteiger partial charge in [-0.1, -0.05) is 0 Å². The number of halogens is 1. The molecule has 0 fully saturated rings. The van der Waals surface area contributed by atoms with E-state index in [1.165, 1.54) is 23.1 Å². The van der Waals surface area contributed by atoms with Crippen molar-refractivity contribution in [3.63, 3.8) is 0 Å². The number of nitrogens with one attached hydrogen (secondary N) is 2. The summed E-state index contributed by atoms with van der Waals surface area (Å²) in [6.45, 7) is 4.82. The largest absolute Gasteiger partial charge is 0.352 e. The molecule has 120 valence electrons. The Hall–Kier alpha value is -2.46. The van der Waals surface area contributed by atoms with Crippen molar-refractivity contribution in [2.45, 2.75) is 26.9 Å². The first-order valence-electron chi connectivity index (χ1n) is 7.09. The van der Waals surface area contributed by atoms with Gasteiger partial charge in [-0.3, -0.25) is 4.99 Å². The maximum absolute atomic E-state index is 13.7. The number of thiazole rings is 1. The van der Waals surface area contributed by atoms with E-state index in [2.05, 4.69) is 20.6 Å². The average molecular weight is 331 g/mol. The molecule has 1 aromatic carbocycles. The van der Waals surface area contributed by atoms with Crippen LogP contribution in [-0.4, -0.2) is 18.0 Å². The molecular weight excluding hydrogens is 313 g/mol. The highest BCUT2D eigenvalue weighted by molar-refractivity contribution is 7.11. The monoisotopic (exact) mass is 331 g/mol. The molecule has 1 heterocycles. The third kappa shape index (κ3) is 4.50. The zero-order valence-electron chi connectivity index (χ0n) is 13.3. The number of hydrogen-bond donors (Lipinski definition) is 2. The second-order valence-corrected chi connectivity index (χ2v) is 6.23. The number of hydrogen-bond acceptors (Lipinski definition) is 4. The molecule has 0 unspecified atom stereocenters. The van der Waals surface area contributed by atoms with E-state index in [4.69, 9.17) is 5.26 Å². The number of aliphatic imine (C=N–C) groups is 1. The lowest BCUT2D eigenvalue weighted by Gasteiger charge is -2.11. The van der Waals surface area contributed by atoms with Gasteiger partial charge in [0.2, 0.25) is 0 Å². The Labute approximate surface area is 138 Å². The SMILES string of the molecule is CN=C(NCc1nc(C)c(C)s1)NCc1cc(C#N)ccc1F. The van der Waals surface area contributed by atoms with Crippen LogP contribution in [0.2, 0.25) is 0 Å². The van der Waals surface area contributed by atoms with Gasteiger partial charge in [-0.2, -0.15) is 5.26 Å². The van der Waals surface area contributed by atoms with Crippen molar-refractivity contribution in [3.05, 3.63) is 50.7 Å². The minimum absolute atomic E-state index is 0.247. The molecule has 2 rings (SSSR count). The minimum Gasteiger partial charge on any atom is -0.352 e. The highest BCUT2D eigenvalue weighted by atomic mass is 32.1. The summed E-state index contributed by atoms with van der Waals surface area (Å²) in [7, 11) is 1.65. The Bertz CT molecular complexity index is 741. The first-order chi connectivity index (χ1) is 11.0. The Kier molecular flexibility index (Phi) is 5.66. The summed E-state index contributed by atoms with van der Waals surface area (Å²) in [5.74, 6) is 0.204. The Morgan fingerprint density at radius 3 is 2.70 bits per heavy atom. The van der Waals surface area contributed by atoms with E-state index >= 15 is 0 Å². The van der Waals surface area contributed by atoms with Gasteiger partial charge in [-0.15, -0.1) is 11.3 Å². The highest BCUT2D eigenvalue weighted by Crippen LogP contribution is 2.16. The first-order valence-corrected chi connectivity index (χ1v) is 7.91. The van der Waals surface area contributed by atoms with Gasteiger partial charge in [-0.25, -0.2) is 9.37 Å². The summed E-state index contributed by atoms with van der Waals surface area (Å²) in [4.78, 5) is 9.75. The van der Waals surface area contributed by atoms with Gasteiger partial charge in [0.25, 0.3) is 0 Å². The van der Waals surface area contributed by atoms with Crippen LogP contribution in [0.4, 0.5) is 4.39 Å². The molecule has 2 N–H and O–H groups in total. The third-order valence-corrected chi connectivity index (χ3v) is 4.40. The number of aromatic nitrogens is 1. The predicted octanol–water partition coefficient (Wildman–Crippen LogP) is 2.64. The summed E-state index contributed by atoms with van der Waals surface area (Å²) in [6.07, 6.45) is 0. The summed E-state index contributed by atoms with van der Waals surface area (Å²) in [6, 6.07) is 6.29. The zero-order chi connectivity index (χ0) is 16.8. The van der Waals surface area contributed by atoms with Gasteiger partial charge in [0.05, 0.1) is 23.9 Å². The molecule has 7 heteroatoms. The van der Waals surface area contributed by atoms with Gasteiger partial charge in [0.1, 0.15) is 10.8 Å². The van der Waals surface area contributed by atoms with E-state index in [1.807, 2.05) is 19.9 Å². The van der Waals surface area contributed by atoms with Crippen molar-refractivity contribution in [3.8, 4) is 6.07 Å². The van der Waals surface area contributed by atoms with Crippen molar-refractivity contribution < 1.29 is 4.39 Å². The number of aryl methyl sites for hydroxylation is 2. The fourth-order valence-electron chi connectivity index (χ4n) is 1.95. The molecule has 1 aromatic heterocycles. The van der Waals surface area contributed by atoms with E-state index in [1.54, 1.807) is 18.4 Å². The van der Waals surface area contributed by atoms with E-state index < -0.39 is 0 Å². The lowest BCUT2D eigenvalue weighted by Crippen LogP contribution is -2.36. The fraction of sp³-hybridized carbons (Fsp3) is 0.312. The molecular formula is C16H18FN5S. The van der Waals surface area contributed by atoms with Crippen LogP contribution in [0.1, 0.15) is 26.7 Å². The van der Waals surface area contributed by atoms with E-state index in [-0.39, 0.29) is 12.4 Å². The number of rotatable bonds is 4.